The third-order valence-corrected chi connectivity index (χ3v) is 9.82. The first-order valence-electron chi connectivity index (χ1n) is 15.1. The van der Waals surface area contributed by atoms with E-state index in [-0.39, 0.29) is 5.54 Å². The van der Waals surface area contributed by atoms with Gasteiger partial charge in [0.15, 0.2) is 5.84 Å². The summed E-state index contributed by atoms with van der Waals surface area (Å²) in [7, 11) is 0. The van der Waals surface area contributed by atoms with Crippen molar-refractivity contribution in [3.63, 3.8) is 0 Å². The average molecular weight is 586 g/mol. The lowest BCUT2D eigenvalue weighted by Crippen LogP contribution is -2.29. The highest BCUT2D eigenvalue weighted by Crippen LogP contribution is 2.43. The predicted octanol–water partition coefficient (Wildman–Crippen LogP) is 10.5. The van der Waals surface area contributed by atoms with Crippen molar-refractivity contribution in [3.05, 3.63) is 156 Å². The number of fused-ring (bicyclic) bond motifs is 6. The third-order valence-electron chi connectivity index (χ3n) is 8.69. The van der Waals surface area contributed by atoms with Gasteiger partial charge in [-0.2, -0.15) is 0 Å². The van der Waals surface area contributed by atoms with Crippen LogP contribution in [-0.4, -0.2) is 16.6 Å². The van der Waals surface area contributed by atoms with E-state index < -0.39 is 0 Å². The van der Waals surface area contributed by atoms with E-state index >= 15 is 0 Å². The van der Waals surface area contributed by atoms with E-state index in [9.17, 15) is 0 Å². The highest BCUT2D eigenvalue weighted by Gasteiger charge is 2.29. The van der Waals surface area contributed by atoms with Crippen molar-refractivity contribution in [3.8, 4) is 0 Å². The van der Waals surface area contributed by atoms with Gasteiger partial charge in [-0.3, -0.25) is 4.99 Å². The molecule has 1 aliphatic rings. The summed E-state index contributed by atoms with van der Waals surface area (Å²) in [4.78, 5) is 9.89. The number of aliphatic imine (C=N–C) groups is 2. The SMILES string of the molecule is CC1(n2c3ccccc3c3cc4sc5ccccc5c4cc32)C=CC(C(N=Cc2ccccc2)=NCc2ccccc2)=CC1. The zero-order valence-electron chi connectivity index (χ0n) is 24.5. The van der Waals surface area contributed by atoms with Gasteiger partial charge in [0.2, 0.25) is 0 Å². The number of amidine groups is 1. The van der Waals surface area contributed by atoms with Gasteiger partial charge < -0.3 is 4.57 Å². The number of hydrogen-bond acceptors (Lipinski definition) is 2. The predicted molar refractivity (Wildman–Crippen MR) is 189 cm³/mol. The molecule has 2 heterocycles. The first kappa shape index (κ1) is 26.6. The lowest BCUT2D eigenvalue weighted by atomic mass is 9.89. The topological polar surface area (TPSA) is 29.6 Å². The Morgan fingerprint density at radius 1 is 0.750 bits per heavy atom. The van der Waals surface area contributed by atoms with Crippen molar-refractivity contribution in [2.75, 3.05) is 0 Å². The Hall–Kier alpha value is -5.06. The summed E-state index contributed by atoms with van der Waals surface area (Å²) >= 11 is 1.88. The van der Waals surface area contributed by atoms with E-state index in [1.54, 1.807) is 0 Å². The van der Waals surface area contributed by atoms with Crippen molar-refractivity contribution in [2.24, 2.45) is 9.98 Å². The number of hydrogen-bond donors (Lipinski definition) is 0. The summed E-state index contributed by atoms with van der Waals surface area (Å²) in [5.41, 5.74) is 5.56. The summed E-state index contributed by atoms with van der Waals surface area (Å²) in [6, 6.07) is 43.0. The molecule has 0 saturated carbocycles. The summed E-state index contributed by atoms with van der Waals surface area (Å²) in [5.74, 6) is 0.754. The Labute approximate surface area is 260 Å². The fourth-order valence-electron chi connectivity index (χ4n) is 6.42. The molecule has 1 atom stereocenters. The quantitative estimate of drug-likeness (QED) is 0.142. The number of aromatic nitrogens is 1. The summed E-state index contributed by atoms with van der Waals surface area (Å²) < 4.78 is 5.21. The van der Waals surface area contributed by atoms with Gasteiger partial charge in [-0.15, -0.1) is 11.3 Å². The zero-order chi connectivity index (χ0) is 29.5. The number of thiophene rings is 1. The highest BCUT2D eigenvalue weighted by molar-refractivity contribution is 7.25. The normalized spacial score (nSPS) is 17.4. The van der Waals surface area contributed by atoms with Gasteiger partial charge in [0.25, 0.3) is 0 Å². The molecule has 5 aromatic carbocycles. The van der Waals surface area contributed by atoms with E-state index in [0.29, 0.717) is 6.54 Å². The van der Waals surface area contributed by atoms with E-state index in [2.05, 4.69) is 127 Å². The molecule has 7 aromatic rings. The smallest absolute Gasteiger partial charge is 0.154 e. The molecule has 0 N–H and O–H groups in total. The van der Waals surface area contributed by atoms with E-state index in [0.717, 1.165) is 23.4 Å². The van der Waals surface area contributed by atoms with Gasteiger partial charge in [0.1, 0.15) is 0 Å². The second-order valence-electron chi connectivity index (χ2n) is 11.7. The van der Waals surface area contributed by atoms with Crippen molar-refractivity contribution in [1.82, 2.24) is 4.57 Å². The second kappa shape index (κ2) is 10.9. The molecule has 44 heavy (non-hydrogen) atoms. The number of allylic oxidation sites excluding steroid dienone is 2. The molecule has 0 fully saturated rings. The van der Waals surface area contributed by atoms with E-state index in [4.69, 9.17) is 9.98 Å². The first-order chi connectivity index (χ1) is 21.7. The van der Waals surface area contributed by atoms with E-state index in [1.165, 1.54) is 47.5 Å². The summed E-state index contributed by atoms with van der Waals surface area (Å²) in [6.45, 7) is 2.93. The van der Waals surface area contributed by atoms with Crippen LogP contribution in [-0.2, 0) is 12.1 Å². The number of para-hydroxylation sites is 1. The molecule has 1 unspecified atom stereocenters. The molecule has 0 amide bonds. The van der Waals surface area contributed by atoms with Crippen LogP contribution in [0.3, 0.4) is 0 Å². The van der Waals surface area contributed by atoms with Crippen molar-refractivity contribution in [1.29, 1.82) is 0 Å². The maximum atomic E-state index is 4.99. The molecule has 0 saturated heterocycles. The fourth-order valence-corrected chi connectivity index (χ4v) is 7.55. The minimum atomic E-state index is -0.252. The lowest BCUT2D eigenvalue weighted by molar-refractivity contribution is 0.437. The summed E-state index contributed by atoms with van der Waals surface area (Å²) in [5, 5.41) is 5.26. The maximum Gasteiger partial charge on any atom is 0.154 e. The molecule has 8 rings (SSSR count). The van der Waals surface area contributed by atoms with Crippen LogP contribution in [0.15, 0.2) is 155 Å². The first-order valence-corrected chi connectivity index (χ1v) is 15.9. The van der Waals surface area contributed by atoms with Crippen LogP contribution in [0.25, 0.3) is 42.0 Å². The molecule has 0 spiro atoms. The Kier molecular flexibility index (Phi) is 6.58. The lowest BCUT2D eigenvalue weighted by Gasteiger charge is -2.32. The monoisotopic (exact) mass is 585 g/mol. The van der Waals surface area contributed by atoms with Crippen molar-refractivity contribution >= 4 is 65.4 Å². The van der Waals surface area contributed by atoms with Crippen LogP contribution in [0.2, 0.25) is 0 Å². The van der Waals surface area contributed by atoms with Gasteiger partial charge in [0.05, 0.1) is 17.6 Å². The molecule has 0 aliphatic heterocycles. The molecule has 2 aromatic heterocycles. The highest BCUT2D eigenvalue weighted by atomic mass is 32.1. The molecule has 0 radical (unpaired) electrons. The number of benzene rings is 5. The minimum absolute atomic E-state index is 0.252. The molecule has 3 nitrogen and oxygen atoms in total. The second-order valence-corrected chi connectivity index (χ2v) is 12.7. The van der Waals surface area contributed by atoms with Crippen LogP contribution in [0, 0.1) is 0 Å². The Bertz CT molecular complexity index is 2280. The van der Waals surface area contributed by atoms with E-state index in [1.807, 2.05) is 41.8 Å². The van der Waals surface area contributed by atoms with Gasteiger partial charge in [0, 0.05) is 48.2 Å². The Morgan fingerprint density at radius 2 is 1.48 bits per heavy atom. The maximum absolute atomic E-state index is 4.99. The Balaban J connectivity index is 1.22. The van der Waals surface area contributed by atoms with Crippen LogP contribution in [0.1, 0.15) is 24.5 Å². The van der Waals surface area contributed by atoms with Crippen molar-refractivity contribution in [2.45, 2.75) is 25.4 Å². The van der Waals surface area contributed by atoms with Crippen molar-refractivity contribution < 1.29 is 0 Å². The Morgan fingerprint density at radius 3 is 2.27 bits per heavy atom. The van der Waals surface area contributed by atoms with Gasteiger partial charge in [-0.25, -0.2) is 4.99 Å². The van der Waals surface area contributed by atoms with Gasteiger partial charge in [-0.05, 0) is 48.7 Å². The van der Waals surface area contributed by atoms with Crippen LogP contribution < -0.4 is 0 Å². The third kappa shape index (κ3) is 4.68. The molecular weight excluding hydrogens is 555 g/mol. The average Bonchev–Trinajstić information content (AvgIpc) is 3.60. The summed E-state index contributed by atoms with van der Waals surface area (Å²) in [6.07, 6.45) is 9.62. The van der Waals surface area contributed by atoms with Crippen LogP contribution in [0.4, 0.5) is 0 Å². The van der Waals surface area contributed by atoms with Crippen LogP contribution >= 0.6 is 11.3 Å². The van der Waals surface area contributed by atoms with Gasteiger partial charge in [-0.1, -0.05) is 115 Å². The molecule has 212 valence electrons. The molecule has 1 aliphatic carbocycles. The molecular formula is C40H31N3S. The molecule has 0 bridgehead atoms. The van der Waals surface area contributed by atoms with Gasteiger partial charge >= 0.3 is 0 Å². The van der Waals surface area contributed by atoms with Crippen LogP contribution in [0.5, 0.6) is 0 Å². The number of nitrogens with zero attached hydrogens (tertiary/aromatic N) is 3. The standard InChI is InChI=1S/C40H31N3S/c1-40(22-20-30(21-23-40)39(41-26-28-12-4-2-5-13-28)42-27-29-14-6-3-7-15-29)43-35-18-10-8-16-31(35)33-25-38-34(24-36(33)43)32-17-9-11-19-37(32)44-38/h2-22,24-26H,23,27H2,1H3. The largest absolute Gasteiger partial charge is 0.331 e. The zero-order valence-corrected chi connectivity index (χ0v) is 25.3. The minimum Gasteiger partial charge on any atom is -0.331 e. The fraction of sp³-hybridized carbons (Fsp3) is 0.100. The molecule has 4 heteroatoms. The number of rotatable bonds is 5.